The normalized spacial score (nSPS) is 12.0. The number of anilines is 1. The van der Waals surface area contributed by atoms with Crippen molar-refractivity contribution < 1.29 is 18.0 Å². The summed E-state index contributed by atoms with van der Waals surface area (Å²) in [6.07, 6.45) is 2.78. The number of carbonyl (C=O) groups is 2. The van der Waals surface area contributed by atoms with Crippen molar-refractivity contribution >= 4 is 27.5 Å². The van der Waals surface area contributed by atoms with Crippen LogP contribution in [0.5, 0.6) is 0 Å². The highest BCUT2D eigenvalue weighted by atomic mass is 32.2. The Labute approximate surface area is 245 Å². The van der Waals surface area contributed by atoms with E-state index < -0.39 is 16.1 Å². The first-order valence-corrected chi connectivity index (χ1v) is 16.1. The molecule has 3 aromatic carbocycles. The van der Waals surface area contributed by atoms with Crippen LogP contribution in [0.15, 0.2) is 72.8 Å². The Morgan fingerprint density at radius 3 is 2.20 bits per heavy atom. The third kappa shape index (κ3) is 9.18. The quantitative estimate of drug-likeness (QED) is 0.281. The molecule has 0 saturated heterocycles. The Kier molecular flexibility index (Phi) is 11.5. The Bertz CT molecular complexity index is 1410. The summed E-state index contributed by atoms with van der Waals surface area (Å²) in [7, 11) is -3.56. The number of aryl methyl sites for hydroxylation is 2. The summed E-state index contributed by atoms with van der Waals surface area (Å²) in [5, 5.41) is 2.99. The second-order valence-corrected chi connectivity index (χ2v) is 12.6. The van der Waals surface area contributed by atoms with Gasteiger partial charge in [-0.3, -0.25) is 13.9 Å². The molecule has 41 heavy (non-hydrogen) atoms. The highest BCUT2D eigenvalue weighted by Crippen LogP contribution is 2.26. The number of rotatable bonds is 14. The first-order valence-electron chi connectivity index (χ1n) is 14.2. The smallest absolute Gasteiger partial charge is 0.243 e. The molecule has 0 bridgehead atoms. The predicted octanol–water partition coefficient (Wildman–Crippen LogP) is 5.32. The number of nitrogens with zero attached hydrogens (tertiary/aromatic N) is 2. The maximum absolute atomic E-state index is 13.9. The lowest BCUT2D eigenvalue weighted by Crippen LogP contribution is -2.50. The highest BCUT2D eigenvalue weighted by Gasteiger charge is 2.30. The summed E-state index contributed by atoms with van der Waals surface area (Å²) in [4.78, 5) is 29.0. The summed E-state index contributed by atoms with van der Waals surface area (Å²) in [6.45, 7) is 8.82. The van der Waals surface area contributed by atoms with Crippen molar-refractivity contribution in [2.75, 3.05) is 23.7 Å². The van der Waals surface area contributed by atoms with E-state index in [1.165, 1.54) is 10.6 Å². The van der Waals surface area contributed by atoms with E-state index in [0.29, 0.717) is 25.1 Å². The van der Waals surface area contributed by atoms with Crippen LogP contribution in [0.2, 0.25) is 0 Å². The molecule has 0 aliphatic heterocycles. The number of benzene rings is 3. The van der Waals surface area contributed by atoms with E-state index in [9.17, 15) is 18.0 Å². The number of carbonyl (C=O) groups excluding carboxylic acids is 2. The average Bonchev–Trinajstić information content (AvgIpc) is 2.94. The van der Waals surface area contributed by atoms with Gasteiger partial charge in [0.25, 0.3) is 0 Å². The van der Waals surface area contributed by atoms with Crippen molar-refractivity contribution in [2.45, 2.75) is 66.0 Å². The molecule has 2 amide bonds. The number of amides is 2. The Morgan fingerprint density at radius 1 is 0.878 bits per heavy atom. The van der Waals surface area contributed by atoms with E-state index in [-0.39, 0.29) is 31.3 Å². The van der Waals surface area contributed by atoms with Gasteiger partial charge in [0.15, 0.2) is 0 Å². The zero-order valence-corrected chi connectivity index (χ0v) is 25.7. The van der Waals surface area contributed by atoms with Gasteiger partial charge in [-0.2, -0.15) is 0 Å². The Morgan fingerprint density at radius 2 is 1.56 bits per heavy atom. The van der Waals surface area contributed by atoms with Crippen LogP contribution in [0.25, 0.3) is 0 Å². The van der Waals surface area contributed by atoms with Gasteiger partial charge in [-0.1, -0.05) is 79.2 Å². The van der Waals surface area contributed by atoms with Gasteiger partial charge in [0, 0.05) is 32.5 Å². The fourth-order valence-electron chi connectivity index (χ4n) is 4.80. The van der Waals surface area contributed by atoms with Gasteiger partial charge >= 0.3 is 0 Å². The van der Waals surface area contributed by atoms with Crippen LogP contribution in [0.3, 0.4) is 0 Å². The molecular weight excluding hydrogens is 534 g/mol. The zero-order chi connectivity index (χ0) is 30.0. The van der Waals surface area contributed by atoms with Crippen molar-refractivity contribution in [3.63, 3.8) is 0 Å². The molecule has 0 radical (unpaired) electrons. The van der Waals surface area contributed by atoms with Crippen molar-refractivity contribution in [3.8, 4) is 0 Å². The van der Waals surface area contributed by atoms with Crippen LogP contribution in [0.4, 0.5) is 5.69 Å². The molecular formula is C33H43N3O4S. The first kappa shape index (κ1) is 31.9. The Hall–Kier alpha value is -3.65. The molecule has 0 saturated carbocycles. The number of hydrogen-bond acceptors (Lipinski definition) is 4. The standard InChI is InChI=1S/C33H43N3O4S/c1-6-21-34-33(38)31(23-28-13-8-7-9-14-28)35(24-29-19-17-25(2)18-20-29)32(37)16-11-22-36(41(5,39)40)30-15-10-12-26(3)27(30)4/h7-10,12-15,17-20,31H,6,11,16,21-24H2,1-5H3,(H,34,38)/t31-/m0/s1. The summed E-state index contributed by atoms with van der Waals surface area (Å²) >= 11 is 0. The molecule has 0 heterocycles. The molecule has 1 atom stereocenters. The zero-order valence-electron chi connectivity index (χ0n) is 24.9. The SMILES string of the molecule is CCCNC(=O)[C@H](Cc1ccccc1)N(Cc1ccc(C)cc1)C(=O)CCCN(c1cccc(C)c1C)S(C)(=O)=O. The van der Waals surface area contributed by atoms with Crippen molar-refractivity contribution in [2.24, 2.45) is 0 Å². The predicted molar refractivity (Wildman–Crippen MR) is 166 cm³/mol. The van der Waals surface area contributed by atoms with Crippen molar-refractivity contribution in [1.29, 1.82) is 0 Å². The van der Waals surface area contributed by atoms with E-state index in [2.05, 4.69) is 5.32 Å². The van der Waals surface area contributed by atoms with E-state index in [1.54, 1.807) is 11.0 Å². The molecule has 3 aromatic rings. The van der Waals surface area contributed by atoms with Gasteiger partial charge in [-0.25, -0.2) is 8.42 Å². The molecule has 8 heteroatoms. The fourth-order valence-corrected chi connectivity index (χ4v) is 5.81. The van der Waals surface area contributed by atoms with Crippen molar-refractivity contribution in [1.82, 2.24) is 10.2 Å². The van der Waals surface area contributed by atoms with Crippen LogP contribution >= 0.6 is 0 Å². The molecule has 0 fully saturated rings. The number of nitrogens with one attached hydrogen (secondary N) is 1. The number of hydrogen-bond donors (Lipinski definition) is 1. The molecule has 220 valence electrons. The summed E-state index contributed by atoms with van der Waals surface area (Å²) in [5.41, 5.74) is 5.51. The second kappa shape index (κ2) is 14.8. The van der Waals surface area contributed by atoms with E-state index in [4.69, 9.17) is 0 Å². The Balaban J connectivity index is 1.88. The van der Waals surface area contributed by atoms with E-state index in [0.717, 1.165) is 34.2 Å². The van der Waals surface area contributed by atoms with E-state index in [1.807, 2.05) is 94.4 Å². The lowest BCUT2D eigenvalue weighted by molar-refractivity contribution is -0.141. The topological polar surface area (TPSA) is 86.8 Å². The van der Waals surface area contributed by atoms with Crippen LogP contribution < -0.4 is 9.62 Å². The largest absolute Gasteiger partial charge is 0.354 e. The van der Waals surface area contributed by atoms with Crippen LogP contribution in [-0.4, -0.2) is 50.5 Å². The second-order valence-electron chi connectivity index (χ2n) is 10.7. The third-order valence-corrected chi connectivity index (χ3v) is 8.47. The summed E-state index contributed by atoms with van der Waals surface area (Å²) < 4.78 is 26.9. The summed E-state index contributed by atoms with van der Waals surface area (Å²) in [6, 6.07) is 22.5. The highest BCUT2D eigenvalue weighted by molar-refractivity contribution is 7.92. The summed E-state index contributed by atoms with van der Waals surface area (Å²) in [5.74, 6) is -0.378. The third-order valence-electron chi connectivity index (χ3n) is 7.29. The first-order chi connectivity index (χ1) is 19.5. The van der Waals surface area contributed by atoms with Crippen molar-refractivity contribution in [3.05, 3.63) is 101 Å². The van der Waals surface area contributed by atoms with Crippen LogP contribution in [0.1, 0.15) is 54.0 Å². The monoisotopic (exact) mass is 577 g/mol. The van der Waals surface area contributed by atoms with Crippen LogP contribution in [-0.2, 0) is 32.6 Å². The maximum Gasteiger partial charge on any atom is 0.243 e. The molecule has 0 aliphatic carbocycles. The van der Waals surface area contributed by atoms with Gasteiger partial charge in [-0.15, -0.1) is 0 Å². The minimum absolute atomic E-state index is 0.106. The molecule has 0 unspecified atom stereocenters. The molecule has 0 aliphatic rings. The number of sulfonamides is 1. The lowest BCUT2D eigenvalue weighted by atomic mass is 10.0. The fraction of sp³-hybridized carbons (Fsp3) is 0.394. The minimum Gasteiger partial charge on any atom is -0.354 e. The molecule has 7 nitrogen and oxygen atoms in total. The minimum atomic E-state index is -3.56. The van der Waals surface area contributed by atoms with Crippen LogP contribution in [0, 0.1) is 20.8 Å². The van der Waals surface area contributed by atoms with Gasteiger partial charge in [0.1, 0.15) is 6.04 Å². The van der Waals surface area contributed by atoms with Gasteiger partial charge in [0.2, 0.25) is 21.8 Å². The lowest BCUT2D eigenvalue weighted by Gasteiger charge is -2.32. The average molecular weight is 578 g/mol. The molecule has 3 rings (SSSR count). The van der Waals surface area contributed by atoms with Gasteiger partial charge in [-0.05, 0) is 61.9 Å². The molecule has 0 aromatic heterocycles. The maximum atomic E-state index is 13.9. The van der Waals surface area contributed by atoms with E-state index >= 15 is 0 Å². The molecule has 1 N–H and O–H groups in total. The molecule has 0 spiro atoms. The van der Waals surface area contributed by atoms with Gasteiger partial charge < -0.3 is 10.2 Å². The van der Waals surface area contributed by atoms with Gasteiger partial charge in [0.05, 0.1) is 11.9 Å².